The number of anilines is 2. The Bertz CT molecular complexity index is 1070. The maximum absolute atomic E-state index is 13.8. The fourth-order valence-electron chi connectivity index (χ4n) is 2.85. The Morgan fingerprint density at radius 1 is 1.00 bits per heavy atom. The molecular formula is C23H21F2N3O2S. The molecule has 0 bridgehead atoms. The summed E-state index contributed by atoms with van der Waals surface area (Å²) in [6.45, 7) is 0.566. The summed E-state index contributed by atoms with van der Waals surface area (Å²) in [4.78, 5) is 12.3. The molecule has 31 heavy (non-hydrogen) atoms. The molecule has 0 aliphatic rings. The molecule has 0 aromatic heterocycles. The molecule has 0 radical (unpaired) electrons. The van der Waals surface area contributed by atoms with E-state index in [1.54, 1.807) is 36.4 Å². The van der Waals surface area contributed by atoms with E-state index >= 15 is 0 Å². The highest BCUT2D eigenvalue weighted by Gasteiger charge is 2.13. The van der Waals surface area contributed by atoms with E-state index in [0.29, 0.717) is 35.2 Å². The number of carbonyl (C=O) groups excluding carboxylic acids is 1. The highest BCUT2D eigenvalue weighted by Crippen LogP contribution is 2.28. The minimum Gasteiger partial charge on any atom is -0.494 e. The molecule has 160 valence electrons. The van der Waals surface area contributed by atoms with Crippen LogP contribution in [0.5, 0.6) is 5.75 Å². The lowest BCUT2D eigenvalue weighted by Crippen LogP contribution is -2.30. The Morgan fingerprint density at radius 3 is 2.45 bits per heavy atom. The van der Waals surface area contributed by atoms with Gasteiger partial charge in [0, 0.05) is 18.3 Å². The van der Waals surface area contributed by atoms with E-state index in [-0.39, 0.29) is 11.4 Å². The Hall–Kier alpha value is -3.52. The van der Waals surface area contributed by atoms with Crippen LogP contribution in [0.3, 0.4) is 0 Å². The first-order chi connectivity index (χ1) is 15.0. The number of rotatable bonds is 7. The average molecular weight is 442 g/mol. The summed E-state index contributed by atoms with van der Waals surface area (Å²) in [7, 11) is 1.49. The summed E-state index contributed by atoms with van der Waals surface area (Å²) in [6, 6.07) is 17.0. The van der Waals surface area contributed by atoms with Crippen LogP contribution in [0.15, 0.2) is 66.7 Å². The Labute approximate surface area is 184 Å². The minimum absolute atomic E-state index is 0.0461. The van der Waals surface area contributed by atoms with Gasteiger partial charge in [0.25, 0.3) is 5.91 Å². The molecule has 3 N–H and O–H groups in total. The fraction of sp³-hybridized carbons (Fsp3) is 0.130. The van der Waals surface area contributed by atoms with Gasteiger partial charge in [-0.15, -0.1) is 0 Å². The number of benzene rings is 3. The molecular weight excluding hydrogens is 420 g/mol. The minimum atomic E-state index is -0.595. The number of nitrogens with one attached hydrogen (secondary N) is 3. The monoisotopic (exact) mass is 441 g/mol. The number of methoxy groups -OCH3 is 1. The van der Waals surface area contributed by atoms with Gasteiger partial charge in [0.1, 0.15) is 17.4 Å². The molecule has 0 unspecified atom stereocenters. The topological polar surface area (TPSA) is 62.4 Å². The van der Waals surface area contributed by atoms with Crippen molar-refractivity contribution in [2.45, 2.75) is 6.42 Å². The fourth-order valence-corrected chi connectivity index (χ4v) is 3.07. The molecule has 0 aliphatic carbocycles. The predicted molar refractivity (Wildman–Crippen MR) is 122 cm³/mol. The van der Waals surface area contributed by atoms with Crippen LogP contribution in [0.1, 0.15) is 15.9 Å². The van der Waals surface area contributed by atoms with Crippen LogP contribution < -0.4 is 20.7 Å². The van der Waals surface area contributed by atoms with Crippen LogP contribution in [0.2, 0.25) is 0 Å². The van der Waals surface area contributed by atoms with Crippen molar-refractivity contribution in [3.63, 3.8) is 0 Å². The van der Waals surface area contributed by atoms with Gasteiger partial charge >= 0.3 is 0 Å². The number of thiocarbonyl (C=S) groups is 1. The van der Waals surface area contributed by atoms with E-state index in [1.165, 1.54) is 37.4 Å². The number of hydrogen-bond acceptors (Lipinski definition) is 3. The first kappa shape index (κ1) is 22.2. The Morgan fingerprint density at radius 2 is 1.74 bits per heavy atom. The van der Waals surface area contributed by atoms with Crippen molar-refractivity contribution in [3.8, 4) is 5.75 Å². The average Bonchev–Trinajstić information content (AvgIpc) is 2.76. The molecule has 0 saturated carbocycles. The molecule has 3 aromatic rings. The molecule has 3 rings (SSSR count). The van der Waals surface area contributed by atoms with Crippen molar-refractivity contribution in [1.29, 1.82) is 0 Å². The van der Waals surface area contributed by atoms with Crippen LogP contribution >= 0.6 is 12.2 Å². The van der Waals surface area contributed by atoms with E-state index in [4.69, 9.17) is 17.0 Å². The molecule has 0 heterocycles. The lowest BCUT2D eigenvalue weighted by atomic mass is 10.1. The summed E-state index contributed by atoms with van der Waals surface area (Å²) in [5.74, 6) is -0.968. The summed E-state index contributed by atoms with van der Waals surface area (Å²) < 4.78 is 32.1. The van der Waals surface area contributed by atoms with E-state index < -0.39 is 11.7 Å². The van der Waals surface area contributed by atoms with Crippen molar-refractivity contribution in [3.05, 3.63) is 89.5 Å². The van der Waals surface area contributed by atoms with Crippen LogP contribution in [0.25, 0.3) is 0 Å². The van der Waals surface area contributed by atoms with E-state index in [1.807, 2.05) is 0 Å². The lowest BCUT2D eigenvalue weighted by Gasteiger charge is -2.15. The third-order valence-electron chi connectivity index (χ3n) is 4.44. The zero-order valence-electron chi connectivity index (χ0n) is 16.7. The second kappa shape index (κ2) is 10.5. The van der Waals surface area contributed by atoms with Crippen molar-refractivity contribution < 1.29 is 18.3 Å². The van der Waals surface area contributed by atoms with Crippen LogP contribution in [-0.4, -0.2) is 24.7 Å². The van der Waals surface area contributed by atoms with Crippen molar-refractivity contribution >= 4 is 34.6 Å². The predicted octanol–water partition coefficient (Wildman–Crippen LogP) is 4.75. The van der Waals surface area contributed by atoms with Crippen LogP contribution in [-0.2, 0) is 6.42 Å². The van der Waals surface area contributed by atoms with Gasteiger partial charge in [0.05, 0.1) is 18.4 Å². The van der Waals surface area contributed by atoms with Gasteiger partial charge in [-0.1, -0.05) is 24.3 Å². The first-order valence-electron chi connectivity index (χ1n) is 9.49. The lowest BCUT2D eigenvalue weighted by molar-refractivity contribution is 0.102. The molecule has 0 aliphatic heterocycles. The smallest absolute Gasteiger partial charge is 0.258 e. The van der Waals surface area contributed by atoms with Crippen LogP contribution in [0, 0.1) is 11.6 Å². The number of hydrogen-bond donors (Lipinski definition) is 3. The molecule has 1 amide bonds. The van der Waals surface area contributed by atoms with Gasteiger partial charge in [-0.3, -0.25) is 4.79 Å². The summed E-state index contributed by atoms with van der Waals surface area (Å²) in [5.41, 5.74) is 2.00. The zero-order valence-corrected chi connectivity index (χ0v) is 17.6. The van der Waals surface area contributed by atoms with Gasteiger partial charge < -0.3 is 20.7 Å². The Kier molecular flexibility index (Phi) is 7.50. The summed E-state index contributed by atoms with van der Waals surface area (Å²) in [6.07, 6.45) is 0.681. The largest absolute Gasteiger partial charge is 0.494 e. The highest BCUT2D eigenvalue weighted by atomic mass is 32.1. The second-order valence-electron chi connectivity index (χ2n) is 6.61. The van der Waals surface area contributed by atoms with E-state index in [2.05, 4.69) is 16.0 Å². The van der Waals surface area contributed by atoms with Crippen molar-refractivity contribution in [1.82, 2.24) is 5.32 Å². The van der Waals surface area contributed by atoms with E-state index in [9.17, 15) is 13.6 Å². The molecule has 0 saturated heterocycles. The van der Waals surface area contributed by atoms with Gasteiger partial charge in [-0.05, 0) is 60.6 Å². The van der Waals surface area contributed by atoms with Crippen molar-refractivity contribution in [2.75, 3.05) is 24.3 Å². The third-order valence-corrected chi connectivity index (χ3v) is 4.68. The van der Waals surface area contributed by atoms with Gasteiger partial charge in [-0.2, -0.15) is 0 Å². The highest BCUT2D eigenvalue weighted by molar-refractivity contribution is 7.80. The molecule has 3 aromatic carbocycles. The normalized spacial score (nSPS) is 10.3. The maximum atomic E-state index is 13.8. The molecule has 5 nitrogen and oxygen atoms in total. The molecule has 0 atom stereocenters. The maximum Gasteiger partial charge on any atom is 0.258 e. The Balaban J connectivity index is 1.57. The molecule has 0 spiro atoms. The van der Waals surface area contributed by atoms with Gasteiger partial charge in [0.2, 0.25) is 0 Å². The standard InChI is InChI=1S/C23H21F2N3O2S/c1-30-21-14-17(27-22(29)18-4-2-3-5-19(18)25)10-11-20(21)28-23(31)26-13-12-15-6-8-16(24)9-7-15/h2-11,14H,12-13H2,1H3,(H,27,29)(H2,26,28,31). The van der Waals surface area contributed by atoms with Gasteiger partial charge in [0.15, 0.2) is 5.11 Å². The van der Waals surface area contributed by atoms with Crippen LogP contribution in [0.4, 0.5) is 20.2 Å². The second-order valence-corrected chi connectivity index (χ2v) is 7.01. The molecule has 8 heteroatoms. The number of halogens is 2. The SMILES string of the molecule is COc1cc(NC(=O)c2ccccc2F)ccc1NC(=S)NCCc1ccc(F)cc1. The molecule has 0 fully saturated rings. The zero-order chi connectivity index (χ0) is 22.2. The number of amides is 1. The number of ether oxygens (including phenoxy) is 1. The van der Waals surface area contributed by atoms with Crippen molar-refractivity contribution in [2.24, 2.45) is 0 Å². The first-order valence-corrected chi connectivity index (χ1v) is 9.90. The quantitative estimate of drug-likeness (QED) is 0.462. The third kappa shape index (κ3) is 6.23. The summed E-state index contributed by atoms with van der Waals surface area (Å²) in [5, 5.41) is 9.16. The summed E-state index contributed by atoms with van der Waals surface area (Å²) >= 11 is 5.31. The van der Waals surface area contributed by atoms with Gasteiger partial charge in [-0.25, -0.2) is 8.78 Å². The van der Waals surface area contributed by atoms with E-state index in [0.717, 1.165) is 5.56 Å². The number of carbonyl (C=O) groups is 1.